The number of hydrogen-bond acceptors (Lipinski definition) is 2. The van der Waals surface area contributed by atoms with Gasteiger partial charge >= 0.3 is 0 Å². The Balaban J connectivity index is 1.85. The number of terminal acetylenes is 1. The summed E-state index contributed by atoms with van der Waals surface area (Å²) in [4.78, 5) is 11.8. The monoisotopic (exact) mass is 220 g/mol. The molecule has 3 atom stereocenters. The lowest BCUT2D eigenvalue weighted by Crippen LogP contribution is -2.54. The topological polar surface area (TPSA) is 41.1 Å². The van der Waals surface area contributed by atoms with E-state index < -0.39 is 0 Å². The van der Waals surface area contributed by atoms with Crippen molar-refractivity contribution in [3.8, 4) is 12.3 Å². The largest absolute Gasteiger partial charge is 0.344 e. The van der Waals surface area contributed by atoms with E-state index >= 15 is 0 Å². The molecule has 0 bridgehead atoms. The van der Waals surface area contributed by atoms with Crippen molar-refractivity contribution in [1.82, 2.24) is 10.6 Å². The van der Waals surface area contributed by atoms with E-state index in [9.17, 15) is 4.79 Å². The molecule has 0 aromatic heterocycles. The van der Waals surface area contributed by atoms with E-state index in [1.165, 1.54) is 32.1 Å². The van der Waals surface area contributed by atoms with E-state index in [0.717, 1.165) is 12.3 Å². The maximum Gasteiger partial charge on any atom is 0.237 e. The highest BCUT2D eigenvalue weighted by molar-refractivity contribution is 5.82. The normalized spacial score (nSPS) is 33.6. The lowest BCUT2D eigenvalue weighted by molar-refractivity contribution is -0.124. The molecule has 2 rings (SSSR count). The van der Waals surface area contributed by atoms with Gasteiger partial charge in [0.15, 0.2) is 0 Å². The summed E-state index contributed by atoms with van der Waals surface area (Å²) < 4.78 is 0. The Hall–Kier alpha value is -1.01. The third-order valence-electron chi connectivity index (χ3n) is 3.83. The Morgan fingerprint density at radius 1 is 1.31 bits per heavy atom. The summed E-state index contributed by atoms with van der Waals surface area (Å²) in [6, 6.07) is 0.539. The highest BCUT2D eigenvalue weighted by atomic mass is 16.2. The van der Waals surface area contributed by atoms with Crippen molar-refractivity contribution in [3.63, 3.8) is 0 Å². The molecule has 3 heteroatoms. The van der Waals surface area contributed by atoms with Gasteiger partial charge in [-0.3, -0.25) is 4.79 Å². The highest BCUT2D eigenvalue weighted by Crippen LogP contribution is 2.32. The van der Waals surface area contributed by atoms with Crippen LogP contribution in [0.3, 0.4) is 0 Å². The second-order valence-electron chi connectivity index (χ2n) is 4.87. The third-order valence-corrected chi connectivity index (χ3v) is 3.83. The van der Waals surface area contributed by atoms with Crippen LogP contribution in [0.5, 0.6) is 0 Å². The van der Waals surface area contributed by atoms with Crippen LogP contribution in [0.15, 0.2) is 0 Å². The average Bonchev–Trinajstić information content (AvgIpc) is 2.35. The van der Waals surface area contributed by atoms with Crippen LogP contribution in [0.25, 0.3) is 0 Å². The van der Waals surface area contributed by atoms with Crippen LogP contribution in [0.1, 0.15) is 38.5 Å². The Morgan fingerprint density at radius 3 is 2.94 bits per heavy atom. The molecular weight excluding hydrogens is 200 g/mol. The number of carbonyl (C=O) groups is 1. The predicted octanol–water partition coefficient (Wildman–Crippen LogP) is 1.05. The van der Waals surface area contributed by atoms with Gasteiger partial charge in [0, 0.05) is 6.04 Å². The molecular formula is C13H20N2O. The highest BCUT2D eigenvalue weighted by Gasteiger charge is 2.34. The van der Waals surface area contributed by atoms with Gasteiger partial charge in [-0.2, -0.15) is 0 Å². The van der Waals surface area contributed by atoms with Gasteiger partial charge in [-0.1, -0.05) is 18.8 Å². The van der Waals surface area contributed by atoms with Crippen LogP contribution in [0, 0.1) is 18.3 Å². The fourth-order valence-electron chi connectivity index (χ4n) is 2.96. The van der Waals surface area contributed by atoms with Crippen LogP contribution in [0.2, 0.25) is 0 Å². The van der Waals surface area contributed by atoms with Crippen molar-refractivity contribution in [2.75, 3.05) is 6.54 Å². The number of carbonyl (C=O) groups excluding carboxylic acids is 1. The zero-order valence-corrected chi connectivity index (χ0v) is 9.67. The number of piperidine rings is 1. The van der Waals surface area contributed by atoms with Crippen LogP contribution in [0.4, 0.5) is 0 Å². The first kappa shape index (κ1) is 11.5. The van der Waals surface area contributed by atoms with E-state index in [1.54, 1.807) is 0 Å². The standard InChI is InChI=1S/C13H20N2O/c1-2-9-14-13(16)12-8-7-10-5-3-4-6-11(10)15-12/h1,10-12,15H,3-9H2,(H,14,16). The molecule has 16 heavy (non-hydrogen) atoms. The molecule has 1 amide bonds. The number of hydrogen-bond donors (Lipinski definition) is 2. The number of fused-ring (bicyclic) bond motifs is 1. The first-order chi connectivity index (χ1) is 7.81. The maximum absolute atomic E-state index is 11.8. The molecule has 2 aliphatic rings. The van der Waals surface area contributed by atoms with E-state index in [4.69, 9.17) is 6.42 Å². The number of amides is 1. The zero-order valence-electron chi connectivity index (χ0n) is 9.67. The molecule has 88 valence electrons. The Morgan fingerprint density at radius 2 is 2.12 bits per heavy atom. The summed E-state index contributed by atoms with van der Waals surface area (Å²) in [6.45, 7) is 0.338. The van der Waals surface area contributed by atoms with Crippen molar-refractivity contribution in [3.05, 3.63) is 0 Å². The quantitative estimate of drug-likeness (QED) is 0.683. The van der Waals surface area contributed by atoms with Crippen molar-refractivity contribution < 1.29 is 4.79 Å². The zero-order chi connectivity index (χ0) is 11.4. The molecule has 1 saturated heterocycles. The van der Waals surface area contributed by atoms with Crippen LogP contribution in [-0.2, 0) is 4.79 Å². The third kappa shape index (κ3) is 2.56. The van der Waals surface area contributed by atoms with Gasteiger partial charge in [0.25, 0.3) is 0 Å². The molecule has 1 aliphatic heterocycles. The minimum atomic E-state index is -0.0206. The fourth-order valence-corrected chi connectivity index (χ4v) is 2.96. The van der Waals surface area contributed by atoms with Crippen LogP contribution in [-0.4, -0.2) is 24.5 Å². The molecule has 0 radical (unpaired) electrons. The summed E-state index contributed by atoms with van der Waals surface area (Å²) in [6.07, 6.45) is 12.5. The van der Waals surface area contributed by atoms with E-state index in [1.807, 2.05) is 0 Å². The number of nitrogens with one attached hydrogen (secondary N) is 2. The van der Waals surface area contributed by atoms with Crippen LogP contribution < -0.4 is 10.6 Å². The molecule has 3 unspecified atom stereocenters. The molecule has 0 aromatic carbocycles. The molecule has 0 spiro atoms. The molecule has 0 aromatic rings. The molecule has 1 aliphatic carbocycles. The smallest absolute Gasteiger partial charge is 0.237 e. The van der Waals surface area contributed by atoms with Gasteiger partial charge in [-0.05, 0) is 31.6 Å². The van der Waals surface area contributed by atoms with E-state index in [-0.39, 0.29) is 11.9 Å². The second-order valence-corrected chi connectivity index (χ2v) is 4.87. The van der Waals surface area contributed by atoms with Gasteiger partial charge in [-0.15, -0.1) is 6.42 Å². The van der Waals surface area contributed by atoms with Gasteiger partial charge in [0.2, 0.25) is 5.91 Å². The molecule has 2 N–H and O–H groups in total. The minimum Gasteiger partial charge on any atom is -0.344 e. The summed E-state index contributed by atoms with van der Waals surface area (Å²) in [5.74, 6) is 3.30. The fraction of sp³-hybridized carbons (Fsp3) is 0.769. The molecule has 1 heterocycles. The lowest BCUT2D eigenvalue weighted by Gasteiger charge is -2.39. The van der Waals surface area contributed by atoms with Crippen LogP contribution >= 0.6 is 0 Å². The van der Waals surface area contributed by atoms with Crippen molar-refractivity contribution >= 4 is 5.91 Å². The Kier molecular flexibility index (Phi) is 3.84. The molecule has 1 saturated carbocycles. The van der Waals surface area contributed by atoms with Crippen molar-refractivity contribution in [1.29, 1.82) is 0 Å². The first-order valence-electron chi connectivity index (χ1n) is 6.28. The van der Waals surface area contributed by atoms with E-state index in [2.05, 4.69) is 16.6 Å². The Bertz CT molecular complexity index is 295. The minimum absolute atomic E-state index is 0.0206. The lowest BCUT2D eigenvalue weighted by atomic mass is 9.77. The summed E-state index contributed by atoms with van der Waals surface area (Å²) in [7, 11) is 0. The summed E-state index contributed by atoms with van der Waals surface area (Å²) >= 11 is 0. The maximum atomic E-state index is 11.8. The van der Waals surface area contributed by atoms with E-state index in [0.29, 0.717) is 12.6 Å². The summed E-state index contributed by atoms with van der Waals surface area (Å²) in [5, 5.41) is 6.24. The van der Waals surface area contributed by atoms with Crippen molar-refractivity contribution in [2.24, 2.45) is 5.92 Å². The predicted molar refractivity (Wildman–Crippen MR) is 63.7 cm³/mol. The van der Waals surface area contributed by atoms with Gasteiger partial charge < -0.3 is 10.6 Å². The summed E-state index contributed by atoms with van der Waals surface area (Å²) in [5.41, 5.74) is 0. The van der Waals surface area contributed by atoms with Crippen molar-refractivity contribution in [2.45, 2.75) is 50.6 Å². The number of rotatable bonds is 2. The first-order valence-corrected chi connectivity index (χ1v) is 6.28. The molecule has 2 fully saturated rings. The Labute approximate surface area is 97.4 Å². The molecule has 3 nitrogen and oxygen atoms in total. The average molecular weight is 220 g/mol. The van der Waals surface area contributed by atoms with Gasteiger partial charge in [0.1, 0.15) is 0 Å². The van der Waals surface area contributed by atoms with Gasteiger partial charge in [-0.25, -0.2) is 0 Å². The SMILES string of the molecule is C#CCNC(=O)C1CCC2CCCCC2N1. The van der Waals surface area contributed by atoms with Gasteiger partial charge in [0.05, 0.1) is 12.6 Å². The second kappa shape index (κ2) is 5.36.